The molecule has 2 aliphatic heterocycles. The Balaban J connectivity index is 1.39. The van der Waals surface area contributed by atoms with Gasteiger partial charge in [0.2, 0.25) is 5.91 Å². The number of piperazine rings is 1. The van der Waals surface area contributed by atoms with Crippen LogP contribution in [0, 0.1) is 0 Å². The highest BCUT2D eigenvalue weighted by atomic mass is 32.2. The third-order valence-electron chi connectivity index (χ3n) is 4.92. The van der Waals surface area contributed by atoms with Crippen LogP contribution in [0.4, 0.5) is 0 Å². The zero-order valence-electron chi connectivity index (χ0n) is 15.1. The van der Waals surface area contributed by atoms with Gasteiger partial charge in [-0.1, -0.05) is 12.1 Å². The molecule has 2 saturated heterocycles. The third-order valence-corrected chi connectivity index (χ3v) is 8.19. The van der Waals surface area contributed by atoms with Gasteiger partial charge in [0.05, 0.1) is 24.4 Å². The zero-order chi connectivity index (χ0) is 18.6. The summed E-state index contributed by atoms with van der Waals surface area (Å²) >= 11 is 1.50. The predicted molar refractivity (Wildman–Crippen MR) is 104 cm³/mol. The molecule has 0 unspecified atom stereocenters. The topological polar surface area (TPSA) is 66.9 Å². The average Bonchev–Trinajstić information content (AvgIpc) is 3.00. The fourth-order valence-electron chi connectivity index (χ4n) is 3.32. The Morgan fingerprint density at radius 2 is 1.88 bits per heavy atom. The lowest BCUT2D eigenvalue weighted by Gasteiger charge is -2.35. The van der Waals surface area contributed by atoms with Crippen LogP contribution in [0.1, 0.15) is 12.0 Å². The number of carbonyl (C=O) groups is 1. The fraction of sp³-hybridized carbons (Fsp3) is 0.611. The molecule has 6 nitrogen and oxygen atoms in total. The van der Waals surface area contributed by atoms with Crippen molar-refractivity contribution in [1.82, 2.24) is 9.80 Å². The second kappa shape index (κ2) is 8.63. The lowest BCUT2D eigenvalue weighted by molar-refractivity contribution is -0.130. The van der Waals surface area contributed by atoms with Crippen molar-refractivity contribution in [3.63, 3.8) is 0 Å². The quantitative estimate of drug-likeness (QED) is 0.719. The third kappa shape index (κ3) is 5.37. The normalized spacial score (nSPS) is 23.1. The standard InChI is InChI=1S/C18H26N2O4S2/c1-24-16-4-2-15(3-5-16)12-19-7-9-20(10-8-19)18(21)13-25-17-6-11-26(22,23)14-17/h2-5,17H,6-14H2,1H3/t17-/m1/s1. The maximum Gasteiger partial charge on any atom is 0.232 e. The van der Waals surface area contributed by atoms with E-state index in [-0.39, 0.29) is 22.7 Å². The molecule has 2 heterocycles. The highest BCUT2D eigenvalue weighted by Crippen LogP contribution is 2.24. The molecular weight excluding hydrogens is 372 g/mol. The van der Waals surface area contributed by atoms with Crippen LogP contribution in [0.5, 0.6) is 5.75 Å². The molecule has 2 fully saturated rings. The van der Waals surface area contributed by atoms with Crippen molar-refractivity contribution in [3.8, 4) is 5.75 Å². The first-order valence-corrected chi connectivity index (χ1v) is 11.8. The summed E-state index contributed by atoms with van der Waals surface area (Å²) in [7, 11) is -1.21. The van der Waals surface area contributed by atoms with Gasteiger partial charge in [0, 0.05) is 38.0 Å². The van der Waals surface area contributed by atoms with Crippen molar-refractivity contribution in [3.05, 3.63) is 29.8 Å². The Morgan fingerprint density at radius 1 is 1.19 bits per heavy atom. The van der Waals surface area contributed by atoms with E-state index in [2.05, 4.69) is 17.0 Å². The summed E-state index contributed by atoms with van der Waals surface area (Å²) in [5.74, 6) is 1.86. The zero-order valence-corrected chi connectivity index (χ0v) is 16.7. The first-order valence-electron chi connectivity index (χ1n) is 8.90. The minimum absolute atomic E-state index is 0.0836. The molecular formula is C18H26N2O4S2. The van der Waals surface area contributed by atoms with Crippen molar-refractivity contribution < 1.29 is 17.9 Å². The molecule has 3 rings (SSSR count). The van der Waals surface area contributed by atoms with Crippen LogP contribution in [0.2, 0.25) is 0 Å². The lowest BCUT2D eigenvalue weighted by atomic mass is 10.2. The molecule has 0 radical (unpaired) electrons. The maximum atomic E-state index is 12.4. The minimum Gasteiger partial charge on any atom is -0.497 e. The number of sulfone groups is 1. The first kappa shape index (κ1) is 19.5. The molecule has 2 aliphatic rings. The van der Waals surface area contributed by atoms with Gasteiger partial charge < -0.3 is 9.64 Å². The molecule has 1 atom stereocenters. The summed E-state index contributed by atoms with van der Waals surface area (Å²) in [4.78, 5) is 16.6. The molecule has 0 N–H and O–H groups in total. The Hall–Kier alpha value is -1.25. The Bertz CT molecular complexity index is 713. The molecule has 0 aliphatic carbocycles. The monoisotopic (exact) mass is 398 g/mol. The molecule has 0 saturated carbocycles. The summed E-state index contributed by atoms with van der Waals surface area (Å²) in [5.41, 5.74) is 1.24. The van der Waals surface area contributed by atoms with Crippen molar-refractivity contribution in [2.45, 2.75) is 18.2 Å². The van der Waals surface area contributed by atoms with Gasteiger partial charge in [-0.25, -0.2) is 8.42 Å². The first-order chi connectivity index (χ1) is 12.4. The molecule has 1 amide bonds. The number of benzene rings is 1. The smallest absolute Gasteiger partial charge is 0.232 e. The van der Waals surface area contributed by atoms with Crippen molar-refractivity contribution in [2.24, 2.45) is 0 Å². The molecule has 0 spiro atoms. The van der Waals surface area contributed by atoms with E-state index in [0.29, 0.717) is 12.2 Å². The highest BCUT2D eigenvalue weighted by Gasteiger charge is 2.29. The number of ether oxygens (including phenoxy) is 1. The SMILES string of the molecule is COc1ccc(CN2CCN(C(=O)CS[C@@H]3CCS(=O)(=O)C3)CC2)cc1. The van der Waals surface area contributed by atoms with Crippen LogP contribution < -0.4 is 4.74 Å². The van der Waals surface area contributed by atoms with Gasteiger partial charge in [-0.2, -0.15) is 0 Å². The highest BCUT2D eigenvalue weighted by molar-refractivity contribution is 8.02. The molecule has 144 valence electrons. The number of carbonyl (C=O) groups excluding carboxylic acids is 1. The van der Waals surface area contributed by atoms with Crippen LogP contribution in [-0.2, 0) is 21.2 Å². The van der Waals surface area contributed by atoms with Gasteiger partial charge in [0.15, 0.2) is 9.84 Å². The van der Waals surface area contributed by atoms with E-state index in [1.165, 1.54) is 17.3 Å². The van der Waals surface area contributed by atoms with Crippen LogP contribution in [-0.4, -0.2) is 79.9 Å². The maximum absolute atomic E-state index is 12.4. The number of rotatable bonds is 6. The molecule has 1 aromatic rings. The van der Waals surface area contributed by atoms with E-state index >= 15 is 0 Å². The predicted octanol–water partition coefficient (Wildman–Crippen LogP) is 1.26. The Kier molecular flexibility index (Phi) is 6.47. The van der Waals surface area contributed by atoms with E-state index in [4.69, 9.17) is 4.74 Å². The summed E-state index contributed by atoms with van der Waals surface area (Å²) < 4.78 is 28.2. The largest absolute Gasteiger partial charge is 0.497 e. The van der Waals surface area contributed by atoms with Gasteiger partial charge >= 0.3 is 0 Å². The van der Waals surface area contributed by atoms with E-state index in [0.717, 1.165) is 38.5 Å². The van der Waals surface area contributed by atoms with Gasteiger partial charge in [-0.15, -0.1) is 11.8 Å². The molecule has 0 aromatic heterocycles. The number of thioether (sulfide) groups is 1. The van der Waals surface area contributed by atoms with Crippen LogP contribution in [0.25, 0.3) is 0 Å². The number of hydrogen-bond donors (Lipinski definition) is 0. The van der Waals surface area contributed by atoms with Crippen molar-refractivity contribution in [1.29, 1.82) is 0 Å². The van der Waals surface area contributed by atoms with E-state index in [1.54, 1.807) is 7.11 Å². The lowest BCUT2D eigenvalue weighted by Crippen LogP contribution is -2.48. The summed E-state index contributed by atoms with van der Waals surface area (Å²) in [6.07, 6.45) is 0.677. The van der Waals surface area contributed by atoms with Gasteiger partial charge in [0.1, 0.15) is 5.75 Å². The summed E-state index contributed by atoms with van der Waals surface area (Å²) in [6.45, 7) is 4.07. The summed E-state index contributed by atoms with van der Waals surface area (Å²) in [5, 5.41) is 0.0836. The van der Waals surface area contributed by atoms with Crippen molar-refractivity contribution >= 4 is 27.5 Å². The van der Waals surface area contributed by atoms with Gasteiger partial charge in [-0.3, -0.25) is 9.69 Å². The van der Waals surface area contributed by atoms with E-state index < -0.39 is 9.84 Å². The number of nitrogens with zero attached hydrogens (tertiary/aromatic N) is 2. The van der Waals surface area contributed by atoms with Crippen molar-refractivity contribution in [2.75, 3.05) is 50.5 Å². The average molecular weight is 399 g/mol. The fourth-order valence-corrected chi connectivity index (χ4v) is 6.86. The molecule has 8 heteroatoms. The van der Waals surface area contributed by atoms with E-state index in [1.807, 2.05) is 17.0 Å². The minimum atomic E-state index is -2.87. The van der Waals surface area contributed by atoms with E-state index in [9.17, 15) is 13.2 Å². The van der Waals surface area contributed by atoms with Crippen LogP contribution >= 0.6 is 11.8 Å². The number of methoxy groups -OCH3 is 1. The van der Waals surface area contributed by atoms with Gasteiger partial charge in [-0.05, 0) is 24.1 Å². The van der Waals surface area contributed by atoms with Crippen LogP contribution in [0.3, 0.4) is 0 Å². The number of hydrogen-bond acceptors (Lipinski definition) is 6. The van der Waals surface area contributed by atoms with Gasteiger partial charge in [0.25, 0.3) is 0 Å². The molecule has 1 aromatic carbocycles. The Labute approximate surface area is 159 Å². The number of amides is 1. The second-order valence-electron chi connectivity index (χ2n) is 6.84. The van der Waals surface area contributed by atoms with Crippen LogP contribution in [0.15, 0.2) is 24.3 Å². The molecule has 0 bridgehead atoms. The molecule has 26 heavy (non-hydrogen) atoms. The summed E-state index contributed by atoms with van der Waals surface area (Å²) in [6, 6.07) is 8.08. The second-order valence-corrected chi connectivity index (χ2v) is 10.4. The Morgan fingerprint density at radius 3 is 2.46 bits per heavy atom.